The van der Waals surface area contributed by atoms with Crippen molar-refractivity contribution in [2.75, 3.05) is 20.6 Å². The third-order valence-electron chi connectivity index (χ3n) is 2.90. The standard InChI is InChI=1S/C11H22N4O4/c1-11(2,15(3)4)6-13-10(19)14-7(9(17)18)5-8(12)16/h7H,5-6H2,1-4H3,(H2,12,16)(H,17,18)(H2,13,14,19). The van der Waals surface area contributed by atoms with E-state index in [4.69, 9.17) is 10.8 Å². The van der Waals surface area contributed by atoms with Crippen LogP contribution in [0.5, 0.6) is 0 Å². The third kappa shape index (κ3) is 6.61. The highest BCUT2D eigenvalue weighted by molar-refractivity contribution is 5.87. The van der Waals surface area contributed by atoms with Gasteiger partial charge in [0.25, 0.3) is 0 Å². The van der Waals surface area contributed by atoms with Gasteiger partial charge in [-0.3, -0.25) is 4.79 Å². The second-order valence-corrected chi connectivity index (χ2v) is 5.10. The van der Waals surface area contributed by atoms with E-state index in [9.17, 15) is 14.4 Å². The molecule has 0 aliphatic rings. The molecule has 0 radical (unpaired) electrons. The van der Waals surface area contributed by atoms with Crippen molar-refractivity contribution >= 4 is 17.9 Å². The summed E-state index contributed by atoms with van der Waals surface area (Å²) in [5.41, 5.74) is 4.63. The van der Waals surface area contributed by atoms with E-state index in [0.717, 1.165) is 0 Å². The van der Waals surface area contributed by atoms with Gasteiger partial charge in [-0.25, -0.2) is 9.59 Å². The fourth-order valence-electron chi connectivity index (χ4n) is 1.07. The highest BCUT2D eigenvalue weighted by Gasteiger charge is 2.24. The molecule has 3 amide bonds. The number of carbonyl (C=O) groups excluding carboxylic acids is 2. The van der Waals surface area contributed by atoms with E-state index < -0.39 is 30.4 Å². The summed E-state index contributed by atoms with van der Waals surface area (Å²) < 4.78 is 0. The van der Waals surface area contributed by atoms with Crippen molar-refractivity contribution < 1.29 is 19.5 Å². The van der Waals surface area contributed by atoms with Crippen LogP contribution in [0, 0.1) is 0 Å². The Morgan fingerprint density at radius 1 is 1.32 bits per heavy atom. The van der Waals surface area contributed by atoms with Crippen LogP contribution >= 0.6 is 0 Å². The van der Waals surface area contributed by atoms with Crippen LogP contribution in [0.15, 0.2) is 0 Å². The molecule has 8 nitrogen and oxygen atoms in total. The lowest BCUT2D eigenvalue weighted by Crippen LogP contribution is -2.53. The lowest BCUT2D eigenvalue weighted by atomic mass is 10.0. The molecule has 19 heavy (non-hydrogen) atoms. The quantitative estimate of drug-likeness (QED) is 0.471. The van der Waals surface area contributed by atoms with Gasteiger partial charge in [-0.05, 0) is 27.9 Å². The Morgan fingerprint density at radius 3 is 2.21 bits per heavy atom. The monoisotopic (exact) mass is 274 g/mol. The fraction of sp³-hybridized carbons (Fsp3) is 0.727. The zero-order valence-corrected chi connectivity index (χ0v) is 11.7. The van der Waals surface area contributed by atoms with Crippen LogP contribution in [0.25, 0.3) is 0 Å². The number of hydrogen-bond donors (Lipinski definition) is 4. The van der Waals surface area contributed by atoms with Crippen molar-refractivity contribution in [1.29, 1.82) is 0 Å². The second kappa shape index (κ2) is 6.93. The molecular weight excluding hydrogens is 252 g/mol. The molecule has 0 aliphatic carbocycles. The van der Waals surface area contributed by atoms with E-state index in [1.807, 2.05) is 32.8 Å². The first-order chi connectivity index (χ1) is 8.56. The summed E-state index contributed by atoms with van der Waals surface area (Å²) in [6.45, 7) is 4.17. The zero-order valence-electron chi connectivity index (χ0n) is 11.7. The summed E-state index contributed by atoms with van der Waals surface area (Å²) in [6.07, 6.45) is -0.445. The lowest BCUT2D eigenvalue weighted by Gasteiger charge is -2.32. The van der Waals surface area contributed by atoms with Gasteiger partial charge >= 0.3 is 12.0 Å². The van der Waals surface area contributed by atoms with Gasteiger partial charge in [0.1, 0.15) is 6.04 Å². The number of nitrogens with zero attached hydrogens (tertiary/aromatic N) is 1. The van der Waals surface area contributed by atoms with Crippen molar-refractivity contribution in [3.63, 3.8) is 0 Å². The Hall–Kier alpha value is -1.83. The number of primary amides is 1. The van der Waals surface area contributed by atoms with Crippen LogP contribution in [0.2, 0.25) is 0 Å². The van der Waals surface area contributed by atoms with Gasteiger partial charge in [-0.15, -0.1) is 0 Å². The first-order valence-electron chi connectivity index (χ1n) is 5.79. The molecule has 0 bridgehead atoms. The number of likely N-dealkylation sites (N-methyl/N-ethyl adjacent to an activating group) is 1. The Kier molecular flexibility index (Phi) is 6.26. The van der Waals surface area contributed by atoms with Crippen LogP contribution in [0.3, 0.4) is 0 Å². The molecule has 0 aromatic heterocycles. The maximum Gasteiger partial charge on any atom is 0.326 e. The normalized spacial score (nSPS) is 12.9. The second-order valence-electron chi connectivity index (χ2n) is 5.10. The van der Waals surface area contributed by atoms with E-state index in [1.165, 1.54) is 0 Å². The van der Waals surface area contributed by atoms with Gasteiger partial charge in [0.05, 0.1) is 6.42 Å². The zero-order chi connectivity index (χ0) is 15.2. The minimum atomic E-state index is -1.32. The number of nitrogens with two attached hydrogens (primary N) is 1. The first kappa shape index (κ1) is 17.2. The number of carboxylic acid groups (broad SMARTS) is 1. The maximum atomic E-state index is 11.6. The number of urea groups is 1. The molecule has 0 rings (SSSR count). The largest absolute Gasteiger partial charge is 0.480 e. The Morgan fingerprint density at radius 2 is 1.84 bits per heavy atom. The van der Waals surface area contributed by atoms with E-state index >= 15 is 0 Å². The summed E-state index contributed by atoms with van der Waals surface area (Å²) in [4.78, 5) is 35.0. The van der Waals surface area contributed by atoms with Gasteiger partial charge in [-0.1, -0.05) is 0 Å². The third-order valence-corrected chi connectivity index (χ3v) is 2.90. The molecule has 1 atom stereocenters. The molecule has 0 saturated heterocycles. The molecule has 5 N–H and O–H groups in total. The Bertz CT molecular complexity index is 355. The van der Waals surface area contributed by atoms with Gasteiger partial charge in [-0.2, -0.15) is 0 Å². The Balaban J connectivity index is 4.36. The number of amides is 3. The summed E-state index contributed by atoms with van der Waals surface area (Å²) in [7, 11) is 3.74. The van der Waals surface area contributed by atoms with Crippen LogP contribution in [-0.2, 0) is 9.59 Å². The number of hydrogen-bond acceptors (Lipinski definition) is 4. The van der Waals surface area contributed by atoms with E-state index in [1.54, 1.807) is 0 Å². The molecule has 0 saturated carbocycles. The highest BCUT2D eigenvalue weighted by Crippen LogP contribution is 2.07. The van der Waals surface area contributed by atoms with Crippen molar-refractivity contribution in [1.82, 2.24) is 15.5 Å². The number of aliphatic carboxylic acids is 1. The van der Waals surface area contributed by atoms with Gasteiger partial charge < -0.3 is 26.4 Å². The highest BCUT2D eigenvalue weighted by atomic mass is 16.4. The van der Waals surface area contributed by atoms with Crippen LogP contribution < -0.4 is 16.4 Å². The SMILES string of the molecule is CN(C)C(C)(C)CNC(=O)NC(CC(N)=O)C(=O)O. The van der Waals surface area contributed by atoms with Crippen molar-refractivity contribution in [3.05, 3.63) is 0 Å². The minimum Gasteiger partial charge on any atom is -0.480 e. The average Bonchev–Trinajstić information content (AvgIpc) is 2.24. The molecule has 8 heteroatoms. The molecule has 1 unspecified atom stereocenters. The fourth-order valence-corrected chi connectivity index (χ4v) is 1.07. The smallest absolute Gasteiger partial charge is 0.326 e. The number of carbonyl (C=O) groups is 3. The summed E-state index contributed by atoms with van der Waals surface area (Å²) in [6, 6.07) is -1.97. The molecule has 0 spiro atoms. The van der Waals surface area contributed by atoms with Crippen LogP contribution in [0.1, 0.15) is 20.3 Å². The molecule has 0 fully saturated rings. The summed E-state index contributed by atoms with van der Waals surface area (Å²) in [5.74, 6) is -2.10. The van der Waals surface area contributed by atoms with E-state index in [-0.39, 0.29) is 5.54 Å². The molecule has 0 heterocycles. The first-order valence-corrected chi connectivity index (χ1v) is 5.79. The van der Waals surface area contributed by atoms with Gasteiger partial charge in [0, 0.05) is 12.1 Å². The summed E-state index contributed by atoms with van der Waals surface area (Å²) in [5, 5.41) is 13.6. The summed E-state index contributed by atoms with van der Waals surface area (Å²) >= 11 is 0. The number of rotatable bonds is 7. The molecule has 0 aromatic carbocycles. The van der Waals surface area contributed by atoms with E-state index in [2.05, 4.69) is 10.6 Å². The maximum absolute atomic E-state index is 11.6. The molecular formula is C11H22N4O4. The lowest BCUT2D eigenvalue weighted by molar-refractivity contribution is -0.140. The van der Waals surface area contributed by atoms with E-state index in [0.29, 0.717) is 6.54 Å². The van der Waals surface area contributed by atoms with Gasteiger partial charge in [0.2, 0.25) is 5.91 Å². The number of nitrogens with one attached hydrogen (secondary N) is 2. The average molecular weight is 274 g/mol. The topological polar surface area (TPSA) is 125 Å². The predicted molar refractivity (Wildman–Crippen MR) is 69.5 cm³/mol. The molecule has 0 aromatic rings. The molecule has 110 valence electrons. The Labute approximate surface area is 112 Å². The molecule has 0 aliphatic heterocycles. The van der Waals surface area contributed by atoms with Crippen molar-refractivity contribution in [2.45, 2.75) is 31.8 Å². The van der Waals surface area contributed by atoms with Crippen molar-refractivity contribution in [2.24, 2.45) is 5.73 Å². The van der Waals surface area contributed by atoms with Crippen LogP contribution in [-0.4, -0.2) is 60.1 Å². The minimum absolute atomic E-state index is 0.278. The van der Waals surface area contributed by atoms with Crippen LogP contribution in [0.4, 0.5) is 4.79 Å². The van der Waals surface area contributed by atoms with Gasteiger partial charge in [0.15, 0.2) is 0 Å². The number of carboxylic acids is 1. The van der Waals surface area contributed by atoms with Crippen molar-refractivity contribution in [3.8, 4) is 0 Å². The predicted octanol–water partition coefficient (Wildman–Crippen LogP) is -1.05.